The summed E-state index contributed by atoms with van der Waals surface area (Å²) < 4.78 is 5.46. The highest BCUT2D eigenvalue weighted by molar-refractivity contribution is 5.95. The number of piperidine rings is 1. The molecule has 0 spiro atoms. The van der Waals surface area contributed by atoms with Crippen LogP contribution < -0.4 is 5.32 Å². The number of benzene rings is 1. The first-order valence-electron chi connectivity index (χ1n) is 8.80. The lowest BCUT2D eigenvalue weighted by Gasteiger charge is -2.33. The highest BCUT2D eigenvalue weighted by Gasteiger charge is 2.25. The molecule has 2 saturated heterocycles. The predicted molar refractivity (Wildman–Crippen MR) is 91.8 cm³/mol. The molecule has 0 aromatic heterocycles. The topological polar surface area (TPSA) is 41.6 Å². The molecule has 1 N–H and O–H groups in total. The molecule has 0 unspecified atom stereocenters. The third-order valence-electron chi connectivity index (χ3n) is 5.09. The van der Waals surface area contributed by atoms with E-state index in [0.717, 1.165) is 56.8 Å². The van der Waals surface area contributed by atoms with E-state index in [4.69, 9.17) is 4.74 Å². The lowest BCUT2D eigenvalue weighted by atomic mass is 10.0. The zero-order valence-electron chi connectivity index (χ0n) is 14.3. The van der Waals surface area contributed by atoms with Crippen molar-refractivity contribution in [3.63, 3.8) is 0 Å². The van der Waals surface area contributed by atoms with Gasteiger partial charge in [0.2, 0.25) is 0 Å². The van der Waals surface area contributed by atoms with Crippen molar-refractivity contribution in [2.75, 3.05) is 32.8 Å². The van der Waals surface area contributed by atoms with Crippen LogP contribution in [0.5, 0.6) is 0 Å². The number of hydrogen-bond acceptors (Lipinski definition) is 3. The zero-order chi connectivity index (χ0) is 16.2. The fourth-order valence-corrected chi connectivity index (χ4v) is 3.68. The van der Waals surface area contributed by atoms with Crippen LogP contribution in [0.4, 0.5) is 0 Å². The quantitative estimate of drug-likeness (QED) is 0.928. The molecular formula is C19H28N2O2. The Morgan fingerprint density at radius 3 is 2.70 bits per heavy atom. The van der Waals surface area contributed by atoms with Crippen molar-refractivity contribution in [1.29, 1.82) is 0 Å². The van der Waals surface area contributed by atoms with Crippen molar-refractivity contribution in [3.05, 3.63) is 34.9 Å². The number of carbonyl (C=O) groups excluding carboxylic acids is 1. The lowest BCUT2D eigenvalue weighted by Crippen LogP contribution is -2.46. The van der Waals surface area contributed by atoms with E-state index in [-0.39, 0.29) is 5.91 Å². The second-order valence-electron chi connectivity index (χ2n) is 7.10. The average molecular weight is 316 g/mol. The Balaban J connectivity index is 1.47. The first-order valence-corrected chi connectivity index (χ1v) is 8.80. The summed E-state index contributed by atoms with van der Waals surface area (Å²) in [6.07, 6.45) is 3.29. The molecule has 0 saturated carbocycles. The van der Waals surface area contributed by atoms with Gasteiger partial charge in [-0.15, -0.1) is 0 Å². The molecule has 1 aromatic carbocycles. The summed E-state index contributed by atoms with van der Waals surface area (Å²) in [6, 6.07) is 6.32. The number of nitrogens with zero attached hydrogens (tertiary/aromatic N) is 1. The Labute approximate surface area is 139 Å². The Kier molecular flexibility index (Phi) is 5.34. The van der Waals surface area contributed by atoms with Gasteiger partial charge < -0.3 is 15.0 Å². The molecule has 0 radical (unpaired) electrons. The maximum absolute atomic E-state index is 12.5. The summed E-state index contributed by atoms with van der Waals surface area (Å²) in [5.41, 5.74) is 3.06. The van der Waals surface area contributed by atoms with Crippen LogP contribution in [0.2, 0.25) is 0 Å². The largest absolute Gasteiger partial charge is 0.381 e. The van der Waals surface area contributed by atoms with Gasteiger partial charge >= 0.3 is 0 Å². The summed E-state index contributed by atoms with van der Waals surface area (Å²) >= 11 is 0. The van der Waals surface area contributed by atoms with Crippen LogP contribution in [-0.2, 0) is 4.74 Å². The molecule has 3 rings (SSSR count). The van der Waals surface area contributed by atoms with Crippen LogP contribution in [0, 0.1) is 19.8 Å². The summed E-state index contributed by atoms with van der Waals surface area (Å²) in [6.45, 7) is 9.21. The molecule has 2 aliphatic rings. The van der Waals surface area contributed by atoms with E-state index in [1.54, 1.807) is 0 Å². The summed E-state index contributed by atoms with van der Waals surface area (Å²) in [7, 11) is 0. The highest BCUT2D eigenvalue weighted by Crippen LogP contribution is 2.18. The smallest absolute Gasteiger partial charge is 0.251 e. The number of rotatable bonds is 4. The lowest BCUT2D eigenvalue weighted by molar-refractivity contribution is 0.0902. The molecule has 4 heteroatoms. The monoisotopic (exact) mass is 316 g/mol. The van der Waals surface area contributed by atoms with Crippen LogP contribution in [0.1, 0.15) is 40.7 Å². The van der Waals surface area contributed by atoms with Gasteiger partial charge in [0.25, 0.3) is 5.91 Å². The molecule has 1 amide bonds. The van der Waals surface area contributed by atoms with Crippen LogP contribution >= 0.6 is 0 Å². The van der Waals surface area contributed by atoms with E-state index < -0.39 is 0 Å². The molecule has 23 heavy (non-hydrogen) atoms. The highest BCUT2D eigenvalue weighted by atomic mass is 16.5. The van der Waals surface area contributed by atoms with Gasteiger partial charge in [-0.1, -0.05) is 17.7 Å². The standard InChI is InChI=1S/C19H28N2O2/c1-14-3-4-18(15(2)11-14)19(22)20-17-5-8-21(9-6-17)12-16-7-10-23-13-16/h3-4,11,16-17H,5-10,12-13H2,1-2H3,(H,20,22)/t16-/m0/s1. The van der Waals surface area contributed by atoms with Crippen molar-refractivity contribution >= 4 is 5.91 Å². The van der Waals surface area contributed by atoms with Gasteiger partial charge in [-0.2, -0.15) is 0 Å². The van der Waals surface area contributed by atoms with E-state index in [1.807, 2.05) is 19.1 Å². The second kappa shape index (κ2) is 7.45. The SMILES string of the molecule is Cc1ccc(C(=O)NC2CCN(C[C@@H]3CCOC3)CC2)c(C)c1. The van der Waals surface area contributed by atoms with Gasteiger partial charge in [0.1, 0.15) is 0 Å². The Morgan fingerprint density at radius 2 is 2.04 bits per heavy atom. The van der Waals surface area contributed by atoms with Crippen LogP contribution in [-0.4, -0.2) is 49.7 Å². The minimum Gasteiger partial charge on any atom is -0.381 e. The van der Waals surface area contributed by atoms with Crippen molar-refractivity contribution in [1.82, 2.24) is 10.2 Å². The summed E-state index contributed by atoms with van der Waals surface area (Å²) in [5.74, 6) is 0.779. The third kappa shape index (κ3) is 4.33. The predicted octanol–water partition coefficient (Wildman–Crippen LogP) is 2.53. The van der Waals surface area contributed by atoms with Gasteiger partial charge in [-0.05, 0) is 50.7 Å². The van der Waals surface area contributed by atoms with Crippen molar-refractivity contribution in [2.24, 2.45) is 5.92 Å². The van der Waals surface area contributed by atoms with Crippen molar-refractivity contribution < 1.29 is 9.53 Å². The maximum atomic E-state index is 12.5. The fraction of sp³-hybridized carbons (Fsp3) is 0.632. The molecule has 1 aromatic rings. The third-order valence-corrected chi connectivity index (χ3v) is 5.09. The number of hydrogen-bond donors (Lipinski definition) is 1. The van der Waals surface area contributed by atoms with E-state index >= 15 is 0 Å². The molecular weight excluding hydrogens is 288 g/mol. The van der Waals surface area contributed by atoms with Gasteiger partial charge in [0, 0.05) is 37.8 Å². The molecule has 2 fully saturated rings. The Bertz CT molecular complexity index is 544. The van der Waals surface area contributed by atoms with E-state index in [0.29, 0.717) is 12.0 Å². The fourth-order valence-electron chi connectivity index (χ4n) is 3.68. The van der Waals surface area contributed by atoms with Crippen molar-refractivity contribution in [3.8, 4) is 0 Å². The van der Waals surface area contributed by atoms with Crippen LogP contribution in [0.25, 0.3) is 0 Å². The van der Waals surface area contributed by atoms with Gasteiger partial charge in [-0.25, -0.2) is 0 Å². The van der Waals surface area contributed by atoms with E-state index in [1.165, 1.54) is 12.0 Å². The molecule has 2 heterocycles. The van der Waals surface area contributed by atoms with Crippen LogP contribution in [0.3, 0.4) is 0 Å². The minimum absolute atomic E-state index is 0.0742. The molecule has 4 nitrogen and oxygen atoms in total. The molecule has 2 aliphatic heterocycles. The number of aryl methyl sites for hydroxylation is 2. The Hall–Kier alpha value is -1.39. The van der Waals surface area contributed by atoms with Gasteiger partial charge in [0.05, 0.1) is 6.61 Å². The number of carbonyl (C=O) groups is 1. The first-order chi connectivity index (χ1) is 11.1. The van der Waals surface area contributed by atoms with Gasteiger partial charge in [0.15, 0.2) is 0 Å². The normalized spacial score (nSPS) is 23.1. The second-order valence-corrected chi connectivity index (χ2v) is 7.10. The molecule has 0 aliphatic carbocycles. The van der Waals surface area contributed by atoms with E-state index in [9.17, 15) is 4.79 Å². The average Bonchev–Trinajstić information content (AvgIpc) is 3.02. The van der Waals surface area contributed by atoms with Gasteiger partial charge in [-0.3, -0.25) is 4.79 Å². The molecule has 1 atom stereocenters. The van der Waals surface area contributed by atoms with Crippen molar-refractivity contribution in [2.45, 2.75) is 39.2 Å². The number of likely N-dealkylation sites (tertiary alicyclic amines) is 1. The zero-order valence-corrected chi connectivity index (χ0v) is 14.3. The number of amides is 1. The maximum Gasteiger partial charge on any atom is 0.251 e. The molecule has 0 bridgehead atoms. The Morgan fingerprint density at radius 1 is 1.26 bits per heavy atom. The number of nitrogens with one attached hydrogen (secondary N) is 1. The minimum atomic E-state index is 0.0742. The van der Waals surface area contributed by atoms with E-state index in [2.05, 4.69) is 23.2 Å². The molecule has 126 valence electrons. The summed E-state index contributed by atoms with van der Waals surface area (Å²) in [5, 5.41) is 3.22. The number of ether oxygens (including phenoxy) is 1. The van der Waals surface area contributed by atoms with Crippen LogP contribution in [0.15, 0.2) is 18.2 Å². The summed E-state index contributed by atoms with van der Waals surface area (Å²) in [4.78, 5) is 15.0. The first kappa shape index (κ1) is 16.5.